The van der Waals surface area contributed by atoms with E-state index in [-0.39, 0.29) is 5.57 Å². The van der Waals surface area contributed by atoms with Crippen LogP contribution in [0.5, 0.6) is 0 Å². The Bertz CT molecular complexity index is 1270. The summed E-state index contributed by atoms with van der Waals surface area (Å²) in [5.41, 5.74) is 4.22. The van der Waals surface area contributed by atoms with Crippen LogP contribution in [0.1, 0.15) is 30.7 Å². The van der Waals surface area contributed by atoms with Crippen LogP contribution in [0.2, 0.25) is 0 Å². The van der Waals surface area contributed by atoms with E-state index in [1.165, 1.54) is 0 Å². The molecule has 0 saturated carbocycles. The lowest BCUT2D eigenvalue weighted by molar-refractivity contribution is -0.114. The average molecular weight is 411 g/mol. The van der Waals surface area contributed by atoms with Gasteiger partial charge in [0.1, 0.15) is 5.69 Å². The highest BCUT2D eigenvalue weighted by Crippen LogP contribution is 2.32. The Morgan fingerprint density at radius 1 is 1.00 bits per heavy atom. The summed E-state index contributed by atoms with van der Waals surface area (Å²) in [5, 5.41) is 5.88. The van der Waals surface area contributed by atoms with Crippen LogP contribution >= 0.6 is 0 Å². The minimum atomic E-state index is -1.32. The van der Waals surface area contributed by atoms with Crippen LogP contribution in [-0.2, 0) is 11.3 Å². The van der Waals surface area contributed by atoms with Crippen molar-refractivity contribution in [3.63, 3.8) is 0 Å². The van der Waals surface area contributed by atoms with Crippen LogP contribution in [0.4, 0.5) is 18.9 Å². The van der Waals surface area contributed by atoms with Crippen molar-refractivity contribution in [2.24, 2.45) is 5.10 Å². The number of benzene rings is 2. The van der Waals surface area contributed by atoms with Crippen LogP contribution in [0.25, 0.3) is 17.0 Å². The molecule has 1 aromatic heterocycles. The molecule has 0 radical (unpaired) electrons. The Morgan fingerprint density at radius 2 is 1.70 bits per heavy atom. The van der Waals surface area contributed by atoms with Gasteiger partial charge in [0, 0.05) is 40.8 Å². The number of rotatable bonds is 3. The quantitative estimate of drug-likeness (QED) is 0.414. The molecule has 4 nitrogen and oxygen atoms in total. The SMILES string of the molecule is CCn1c(C)c(/C=C2/C(=O)N(c3cc(F)c(F)cc3F)N=C2C)c2cc(C)ccc21. The second-order valence-electron chi connectivity index (χ2n) is 7.34. The zero-order valence-electron chi connectivity index (χ0n) is 17.1. The summed E-state index contributed by atoms with van der Waals surface area (Å²) < 4.78 is 43.3. The van der Waals surface area contributed by atoms with Crippen molar-refractivity contribution in [3.8, 4) is 0 Å². The monoisotopic (exact) mass is 411 g/mol. The average Bonchev–Trinajstić information content (AvgIpc) is 3.12. The molecule has 2 aromatic carbocycles. The Balaban J connectivity index is 1.85. The van der Waals surface area contributed by atoms with E-state index < -0.39 is 29.0 Å². The molecule has 0 bridgehead atoms. The number of anilines is 1. The van der Waals surface area contributed by atoms with Crippen molar-refractivity contribution in [2.75, 3.05) is 5.01 Å². The van der Waals surface area contributed by atoms with Gasteiger partial charge in [0.2, 0.25) is 0 Å². The van der Waals surface area contributed by atoms with E-state index in [0.717, 1.165) is 39.3 Å². The Morgan fingerprint density at radius 3 is 2.40 bits per heavy atom. The molecule has 0 fully saturated rings. The molecule has 0 unspecified atom stereocenters. The van der Waals surface area contributed by atoms with Crippen molar-refractivity contribution in [1.29, 1.82) is 0 Å². The van der Waals surface area contributed by atoms with Crippen LogP contribution in [-0.4, -0.2) is 16.2 Å². The number of carbonyl (C=O) groups excluding carboxylic acids is 1. The molecule has 0 spiro atoms. The number of hydrogen-bond acceptors (Lipinski definition) is 2. The summed E-state index contributed by atoms with van der Waals surface area (Å²) in [5.74, 6) is -4.23. The first-order valence-corrected chi connectivity index (χ1v) is 9.58. The van der Waals surface area contributed by atoms with Gasteiger partial charge in [-0.3, -0.25) is 4.79 Å². The largest absolute Gasteiger partial charge is 0.345 e. The zero-order valence-corrected chi connectivity index (χ0v) is 17.1. The fourth-order valence-electron chi connectivity index (χ4n) is 3.88. The van der Waals surface area contributed by atoms with Crippen molar-refractivity contribution < 1.29 is 18.0 Å². The molecular weight excluding hydrogens is 391 g/mol. The van der Waals surface area contributed by atoms with Crippen molar-refractivity contribution in [2.45, 2.75) is 34.2 Å². The summed E-state index contributed by atoms with van der Waals surface area (Å²) >= 11 is 0. The predicted molar refractivity (Wildman–Crippen MR) is 112 cm³/mol. The number of aromatic nitrogens is 1. The maximum absolute atomic E-state index is 14.2. The highest BCUT2D eigenvalue weighted by Gasteiger charge is 2.32. The molecule has 154 valence electrons. The minimum absolute atomic E-state index is 0.277. The molecule has 3 aromatic rings. The van der Waals surface area contributed by atoms with Gasteiger partial charge in [-0.2, -0.15) is 10.1 Å². The van der Waals surface area contributed by atoms with Gasteiger partial charge in [-0.25, -0.2) is 13.2 Å². The van der Waals surface area contributed by atoms with Gasteiger partial charge in [-0.15, -0.1) is 0 Å². The first kappa shape index (κ1) is 19.9. The number of amides is 1. The maximum atomic E-state index is 14.2. The van der Waals surface area contributed by atoms with Gasteiger partial charge in [-0.1, -0.05) is 11.6 Å². The summed E-state index contributed by atoms with van der Waals surface area (Å²) in [7, 11) is 0. The smallest absolute Gasteiger partial charge is 0.280 e. The lowest BCUT2D eigenvalue weighted by Crippen LogP contribution is -2.22. The molecule has 1 aliphatic rings. The minimum Gasteiger partial charge on any atom is -0.345 e. The van der Waals surface area contributed by atoms with Crippen LogP contribution in [0.15, 0.2) is 41.0 Å². The normalized spacial score (nSPS) is 15.6. The standard InChI is InChI=1S/C23H20F3N3O/c1-5-28-14(4)16(17-8-12(2)6-7-21(17)28)9-15-13(3)27-29(23(15)30)22-11-19(25)18(24)10-20(22)26/h6-11H,5H2,1-4H3/b15-9+. The van der Waals surface area contributed by atoms with Crippen molar-refractivity contribution in [3.05, 3.63) is 70.2 Å². The lowest BCUT2D eigenvalue weighted by Gasteiger charge is -2.13. The zero-order chi connectivity index (χ0) is 21.7. The molecule has 0 saturated heterocycles. The van der Waals surface area contributed by atoms with Gasteiger partial charge in [0.05, 0.1) is 11.3 Å². The number of halogens is 3. The molecule has 1 aliphatic heterocycles. The topological polar surface area (TPSA) is 37.6 Å². The maximum Gasteiger partial charge on any atom is 0.280 e. The third-order valence-electron chi connectivity index (χ3n) is 5.41. The molecule has 30 heavy (non-hydrogen) atoms. The number of hydrogen-bond donors (Lipinski definition) is 0. The number of hydrazone groups is 1. The Labute approximate surface area is 171 Å². The van der Waals surface area contributed by atoms with Crippen LogP contribution in [0.3, 0.4) is 0 Å². The number of aryl methyl sites for hydroxylation is 2. The highest BCUT2D eigenvalue weighted by molar-refractivity contribution is 6.32. The summed E-state index contributed by atoms with van der Waals surface area (Å²) in [6.45, 7) is 8.41. The Hall–Kier alpha value is -3.35. The number of carbonyl (C=O) groups is 1. The molecule has 4 rings (SSSR count). The molecule has 1 amide bonds. The van der Waals surface area contributed by atoms with Gasteiger partial charge >= 0.3 is 0 Å². The molecule has 2 heterocycles. The molecule has 0 N–H and O–H groups in total. The molecule has 0 atom stereocenters. The molecular formula is C23H20F3N3O. The van der Waals surface area contributed by atoms with Crippen molar-refractivity contribution >= 4 is 34.3 Å². The van der Waals surface area contributed by atoms with Crippen LogP contribution in [0, 0.1) is 31.3 Å². The van der Waals surface area contributed by atoms with E-state index >= 15 is 0 Å². The molecule has 7 heteroatoms. The second kappa shape index (κ2) is 7.16. The van der Waals surface area contributed by atoms with Gasteiger partial charge in [-0.05, 0) is 45.9 Å². The van der Waals surface area contributed by atoms with E-state index in [1.807, 2.05) is 32.9 Å². The summed E-state index contributed by atoms with van der Waals surface area (Å²) in [6.07, 6.45) is 1.74. The van der Waals surface area contributed by atoms with E-state index in [2.05, 4.69) is 15.7 Å². The second-order valence-corrected chi connectivity index (χ2v) is 7.34. The fourth-order valence-corrected chi connectivity index (χ4v) is 3.88. The van der Waals surface area contributed by atoms with Gasteiger partial charge in [0.15, 0.2) is 17.5 Å². The summed E-state index contributed by atoms with van der Waals surface area (Å²) in [4.78, 5) is 13.0. The third-order valence-corrected chi connectivity index (χ3v) is 5.41. The summed E-state index contributed by atoms with van der Waals surface area (Å²) in [6, 6.07) is 7.18. The number of nitrogens with zero attached hydrogens (tertiary/aromatic N) is 3. The highest BCUT2D eigenvalue weighted by atomic mass is 19.2. The fraction of sp³-hybridized carbons (Fsp3) is 0.217. The van der Waals surface area contributed by atoms with Crippen LogP contribution < -0.4 is 5.01 Å². The van der Waals surface area contributed by atoms with E-state index in [0.29, 0.717) is 17.8 Å². The van der Waals surface area contributed by atoms with Gasteiger partial charge < -0.3 is 4.57 Å². The van der Waals surface area contributed by atoms with E-state index in [9.17, 15) is 18.0 Å². The van der Waals surface area contributed by atoms with Crippen molar-refractivity contribution in [1.82, 2.24) is 4.57 Å². The third kappa shape index (κ3) is 3.01. The van der Waals surface area contributed by atoms with E-state index in [4.69, 9.17) is 0 Å². The Kier molecular flexibility index (Phi) is 4.76. The molecule has 0 aliphatic carbocycles. The van der Waals surface area contributed by atoms with Gasteiger partial charge in [0.25, 0.3) is 5.91 Å². The number of fused-ring (bicyclic) bond motifs is 1. The first-order valence-electron chi connectivity index (χ1n) is 9.58. The van der Waals surface area contributed by atoms with E-state index in [1.54, 1.807) is 13.0 Å². The predicted octanol–water partition coefficient (Wildman–Crippen LogP) is 5.50. The first-order chi connectivity index (χ1) is 14.2. The lowest BCUT2D eigenvalue weighted by atomic mass is 10.0.